The minimum absolute atomic E-state index is 0.0152. The van der Waals surface area contributed by atoms with E-state index in [1.807, 2.05) is 6.07 Å². The van der Waals surface area contributed by atoms with Crippen LogP contribution in [0.1, 0.15) is 45.5 Å². The maximum atomic E-state index is 14.1. The van der Waals surface area contributed by atoms with Crippen LogP contribution in [0.15, 0.2) is 89.6 Å². The molecule has 1 fully saturated rings. The van der Waals surface area contributed by atoms with Crippen molar-refractivity contribution in [1.82, 2.24) is 5.32 Å². The fourth-order valence-corrected chi connectivity index (χ4v) is 3.95. The molecule has 1 aliphatic rings. The number of amides is 1. The van der Waals surface area contributed by atoms with Gasteiger partial charge in [0.2, 0.25) is 0 Å². The third-order valence-electron chi connectivity index (χ3n) is 5.71. The van der Waals surface area contributed by atoms with Crippen LogP contribution in [-0.4, -0.2) is 23.4 Å². The fourth-order valence-electron chi connectivity index (χ4n) is 3.95. The smallest absolute Gasteiger partial charge is 0.251 e. The van der Waals surface area contributed by atoms with Crippen LogP contribution in [0.5, 0.6) is 0 Å². The van der Waals surface area contributed by atoms with Gasteiger partial charge in [0, 0.05) is 40.2 Å². The van der Waals surface area contributed by atoms with E-state index in [1.54, 1.807) is 48.5 Å². The number of nitrogens with two attached hydrogens (primary N) is 1. The van der Waals surface area contributed by atoms with Crippen molar-refractivity contribution in [3.63, 3.8) is 0 Å². The second kappa shape index (κ2) is 10.2. The largest absolute Gasteiger partial charge is 0.404 e. The van der Waals surface area contributed by atoms with Gasteiger partial charge in [-0.25, -0.2) is 13.8 Å². The lowest BCUT2D eigenvalue weighted by atomic mass is 9.88. The zero-order valence-corrected chi connectivity index (χ0v) is 18.3. The van der Waals surface area contributed by atoms with Gasteiger partial charge in [0.25, 0.3) is 5.91 Å². The maximum absolute atomic E-state index is 14.1. The second-order valence-electron chi connectivity index (χ2n) is 7.97. The molecular formula is C27H23F2N3O2. The minimum atomic E-state index is -0.764. The first-order valence-corrected chi connectivity index (χ1v) is 10.9. The van der Waals surface area contributed by atoms with Crippen molar-refractivity contribution >= 4 is 23.1 Å². The van der Waals surface area contributed by atoms with Gasteiger partial charge in [-0.3, -0.25) is 9.59 Å². The summed E-state index contributed by atoms with van der Waals surface area (Å²) in [6.07, 6.45) is 3.28. The van der Waals surface area contributed by atoms with Gasteiger partial charge in [0.15, 0.2) is 11.6 Å². The van der Waals surface area contributed by atoms with Gasteiger partial charge in [-0.15, -0.1) is 0 Å². The Kier molecular flexibility index (Phi) is 6.92. The van der Waals surface area contributed by atoms with Crippen molar-refractivity contribution in [3.8, 4) is 0 Å². The van der Waals surface area contributed by atoms with Gasteiger partial charge >= 0.3 is 0 Å². The number of nitrogens with one attached hydrogen (secondary N) is 1. The molecule has 1 amide bonds. The molecule has 3 aromatic rings. The van der Waals surface area contributed by atoms with Crippen molar-refractivity contribution in [3.05, 3.63) is 113 Å². The first-order valence-electron chi connectivity index (χ1n) is 10.9. The number of aliphatic imine (C=N–C) groups is 1. The van der Waals surface area contributed by atoms with Crippen LogP contribution in [0.4, 0.5) is 14.5 Å². The summed E-state index contributed by atoms with van der Waals surface area (Å²) < 4.78 is 27.3. The van der Waals surface area contributed by atoms with E-state index in [-0.39, 0.29) is 17.4 Å². The van der Waals surface area contributed by atoms with Crippen LogP contribution < -0.4 is 11.1 Å². The molecule has 4 rings (SSSR count). The number of rotatable bonds is 5. The van der Waals surface area contributed by atoms with Crippen molar-refractivity contribution in [1.29, 1.82) is 0 Å². The van der Waals surface area contributed by atoms with E-state index in [0.29, 0.717) is 47.2 Å². The van der Waals surface area contributed by atoms with E-state index in [4.69, 9.17) is 5.73 Å². The predicted octanol–water partition coefficient (Wildman–Crippen LogP) is 5.09. The molecular weight excluding hydrogens is 436 g/mol. The Balaban J connectivity index is 1.49. The molecule has 0 radical (unpaired) electrons. The highest BCUT2D eigenvalue weighted by Crippen LogP contribution is 2.26. The van der Waals surface area contributed by atoms with E-state index in [9.17, 15) is 18.4 Å². The molecule has 7 heteroatoms. The van der Waals surface area contributed by atoms with Crippen LogP contribution in [-0.2, 0) is 0 Å². The molecule has 0 saturated heterocycles. The number of nitrogens with zero attached hydrogens (tertiary/aromatic N) is 1. The summed E-state index contributed by atoms with van der Waals surface area (Å²) >= 11 is 0. The first-order chi connectivity index (χ1) is 16.5. The Hall–Kier alpha value is -4.13. The normalized spacial score (nSPS) is 18.1. The standard InChI is InChI=1S/C27H23F2N3O2/c28-20-13-14-25(22(29)15-20)31-23-7-4-8-24(21(23)16-30)32-27(34)19-11-9-18(10-12-19)26(33)17-5-2-1-3-6-17/h1-3,5-6,9-16,24H,4,7-8,30H2,(H,32,34)/b21-16+,31-23?. The molecule has 1 unspecified atom stereocenters. The lowest BCUT2D eigenvalue weighted by Crippen LogP contribution is -2.41. The number of halogens is 2. The molecule has 3 aromatic carbocycles. The number of carbonyl (C=O) groups is 2. The highest BCUT2D eigenvalue weighted by molar-refractivity contribution is 6.09. The average Bonchev–Trinajstić information content (AvgIpc) is 2.86. The Labute approximate surface area is 196 Å². The second-order valence-corrected chi connectivity index (χ2v) is 7.97. The molecule has 0 aliphatic heterocycles. The van der Waals surface area contributed by atoms with Crippen LogP contribution in [0.25, 0.3) is 0 Å². The number of carbonyl (C=O) groups excluding carboxylic acids is 2. The Morgan fingerprint density at radius 1 is 0.941 bits per heavy atom. The van der Waals surface area contributed by atoms with Gasteiger partial charge < -0.3 is 11.1 Å². The number of ketones is 1. The van der Waals surface area contributed by atoms with Gasteiger partial charge in [-0.1, -0.05) is 42.5 Å². The highest BCUT2D eigenvalue weighted by Gasteiger charge is 2.26. The molecule has 0 heterocycles. The van der Waals surface area contributed by atoms with Crippen LogP contribution in [0, 0.1) is 11.6 Å². The summed E-state index contributed by atoms with van der Waals surface area (Å²) in [7, 11) is 0. The van der Waals surface area contributed by atoms with Gasteiger partial charge in [-0.05, 0) is 43.5 Å². The third-order valence-corrected chi connectivity index (χ3v) is 5.71. The molecule has 34 heavy (non-hydrogen) atoms. The first kappa shape index (κ1) is 23.0. The summed E-state index contributed by atoms with van der Waals surface area (Å²) in [5.41, 5.74) is 8.45. The van der Waals surface area contributed by atoms with E-state index < -0.39 is 17.7 Å². The SMILES string of the molecule is N/C=C1\C(=Nc2ccc(F)cc2F)CCCC1NC(=O)c1ccc(C(=O)c2ccccc2)cc1. The number of hydrogen-bond acceptors (Lipinski definition) is 4. The summed E-state index contributed by atoms with van der Waals surface area (Å²) in [4.78, 5) is 29.8. The van der Waals surface area contributed by atoms with Gasteiger partial charge in [0.1, 0.15) is 5.82 Å². The topological polar surface area (TPSA) is 84.5 Å². The van der Waals surface area contributed by atoms with E-state index >= 15 is 0 Å². The molecule has 5 nitrogen and oxygen atoms in total. The van der Waals surface area contributed by atoms with E-state index in [2.05, 4.69) is 10.3 Å². The van der Waals surface area contributed by atoms with Crippen molar-refractivity contribution in [2.24, 2.45) is 10.7 Å². The maximum Gasteiger partial charge on any atom is 0.251 e. The molecule has 0 bridgehead atoms. The van der Waals surface area contributed by atoms with E-state index in [0.717, 1.165) is 12.1 Å². The Bertz CT molecular complexity index is 1270. The molecule has 172 valence electrons. The monoisotopic (exact) mass is 459 g/mol. The summed E-state index contributed by atoms with van der Waals surface area (Å²) in [6, 6.07) is 18.1. The molecule has 1 atom stereocenters. The predicted molar refractivity (Wildman–Crippen MR) is 127 cm³/mol. The number of benzene rings is 3. The zero-order valence-electron chi connectivity index (χ0n) is 18.3. The van der Waals surface area contributed by atoms with Gasteiger partial charge in [-0.2, -0.15) is 0 Å². The summed E-state index contributed by atoms with van der Waals surface area (Å²) in [5, 5.41) is 2.95. The summed E-state index contributed by atoms with van der Waals surface area (Å²) in [6.45, 7) is 0. The van der Waals surface area contributed by atoms with Crippen molar-refractivity contribution < 1.29 is 18.4 Å². The van der Waals surface area contributed by atoms with Crippen molar-refractivity contribution in [2.45, 2.75) is 25.3 Å². The van der Waals surface area contributed by atoms with Crippen LogP contribution in [0.3, 0.4) is 0 Å². The number of hydrogen-bond donors (Lipinski definition) is 2. The highest BCUT2D eigenvalue weighted by atomic mass is 19.1. The molecule has 3 N–H and O–H groups in total. The average molecular weight is 459 g/mol. The van der Waals surface area contributed by atoms with Gasteiger partial charge in [0.05, 0.1) is 11.7 Å². The Morgan fingerprint density at radius 2 is 1.62 bits per heavy atom. The Morgan fingerprint density at radius 3 is 2.29 bits per heavy atom. The van der Waals surface area contributed by atoms with Crippen LogP contribution in [0.2, 0.25) is 0 Å². The lowest BCUT2D eigenvalue weighted by Gasteiger charge is -2.27. The lowest BCUT2D eigenvalue weighted by molar-refractivity contribution is 0.0939. The third kappa shape index (κ3) is 5.09. The fraction of sp³-hybridized carbons (Fsp3) is 0.148. The van der Waals surface area contributed by atoms with E-state index in [1.165, 1.54) is 12.3 Å². The summed E-state index contributed by atoms with van der Waals surface area (Å²) in [5.74, 6) is -1.89. The zero-order chi connectivity index (χ0) is 24.1. The molecule has 0 aromatic heterocycles. The molecule has 0 spiro atoms. The molecule has 1 aliphatic carbocycles. The minimum Gasteiger partial charge on any atom is -0.404 e. The van der Waals surface area contributed by atoms with Crippen LogP contribution >= 0.6 is 0 Å². The van der Waals surface area contributed by atoms with Crippen molar-refractivity contribution in [2.75, 3.05) is 0 Å². The quantitative estimate of drug-likeness (QED) is 0.521. The molecule has 1 saturated carbocycles.